The first-order chi connectivity index (χ1) is 10.0. The molecule has 1 aromatic carbocycles. The van der Waals surface area contributed by atoms with E-state index in [4.69, 9.17) is 4.74 Å². The van der Waals surface area contributed by atoms with Gasteiger partial charge in [0.2, 0.25) is 10.0 Å². The number of hydrogen-bond donors (Lipinski definition) is 1. The number of rotatable bonds is 3. The summed E-state index contributed by atoms with van der Waals surface area (Å²) in [6.45, 7) is 0.868. The lowest BCUT2D eigenvalue weighted by Crippen LogP contribution is -2.43. The molecule has 1 aromatic rings. The van der Waals surface area contributed by atoms with Gasteiger partial charge < -0.3 is 9.84 Å². The molecule has 1 N–H and O–H groups in total. The van der Waals surface area contributed by atoms with Crippen molar-refractivity contribution in [2.75, 3.05) is 24.1 Å². The summed E-state index contributed by atoms with van der Waals surface area (Å²) in [5.41, 5.74) is 1.06. The Hall–Kier alpha value is -1.60. The van der Waals surface area contributed by atoms with Crippen LogP contribution in [0.5, 0.6) is 0 Å². The Balaban J connectivity index is 2.01. The molecule has 2 heterocycles. The van der Waals surface area contributed by atoms with Crippen LogP contribution in [0.4, 0.5) is 5.69 Å². The zero-order valence-corrected chi connectivity index (χ0v) is 12.3. The molecule has 3 rings (SSSR count). The van der Waals surface area contributed by atoms with Crippen LogP contribution in [0.15, 0.2) is 24.3 Å². The normalized spacial score (nSPS) is 25.6. The molecule has 2 aliphatic heterocycles. The highest BCUT2D eigenvalue weighted by Gasteiger charge is 2.40. The van der Waals surface area contributed by atoms with E-state index in [-0.39, 0.29) is 13.2 Å². The molecule has 0 aliphatic carbocycles. The van der Waals surface area contributed by atoms with Crippen LogP contribution in [0.25, 0.3) is 0 Å². The lowest BCUT2D eigenvalue weighted by Gasteiger charge is -2.34. The maximum Gasteiger partial charge on any atom is 0.311 e. The second-order valence-electron chi connectivity index (χ2n) is 5.34. The Morgan fingerprint density at radius 1 is 1.29 bits per heavy atom. The van der Waals surface area contributed by atoms with Gasteiger partial charge in [-0.2, -0.15) is 0 Å². The summed E-state index contributed by atoms with van der Waals surface area (Å²) in [6, 6.07) is 6.85. The first kappa shape index (κ1) is 14.3. The van der Waals surface area contributed by atoms with Crippen molar-refractivity contribution < 1.29 is 23.1 Å². The first-order valence-electron chi connectivity index (χ1n) is 6.93. The summed E-state index contributed by atoms with van der Waals surface area (Å²) in [4.78, 5) is 11.3. The van der Waals surface area contributed by atoms with Gasteiger partial charge in [-0.15, -0.1) is 0 Å². The molecule has 2 aliphatic rings. The molecule has 2 atom stereocenters. The third kappa shape index (κ3) is 2.40. The molecule has 0 spiro atoms. The predicted molar refractivity (Wildman–Crippen MR) is 76.9 cm³/mol. The third-order valence-corrected chi connectivity index (χ3v) is 6.32. The topological polar surface area (TPSA) is 83.9 Å². The van der Waals surface area contributed by atoms with Gasteiger partial charge in [0, 0.05) is 13.2 Å². The van der Waals surface area contributed by atoms with Crippen LogP contribution in [0.1, 0.15) is 24.3 Å². The van der Waals surface area contributed by atoms with Crippen molar-refractivity contribution in [1.29, 1.82) is 0 Å². The first-order valence-corrected chi connectivity index (χ1v) is 8.43. The number of para-hydroxylation sites is 1. The van der Waals surface area contributed by atoms with Gasteiger partial charge in [-0.3, -0.25) is 9.10 Å². The number of ether oxygens (including phenoxy) is 1. The minimum atomic E-state index is -3.51. The number of sulfonamides is 1. The monoisotopic (exact) mass is 311 g/mol. The van der Waals surface area contributed by atoms with Crippen molar-refractivity contribution in [2.45, 2.75) is 24.0 Å². The minimum Gasteiger partial charge on any atom is -0.481 e. The van der Waals surface area contributed by atoms with Crippen LogP contribution in [-0.4, -0.2) is 44.5 Å². The fourth-order valence-electron chi connectivity index (χ4n) is 2.98. The number of carboxylic acid groups (broad SMARTS) is 1. The second-order valence-corrected chi connectivity index (χ2v) is 7.48. The maximum atomic E-state index is 12.7. The van der Waals surface area contributed by atoms with Gasteiger partial charge in [0.1, 0.15) is 5.25 Å². The molecule has 0 amide bonds. The Kier molecular flexibility index (Phi) is 3.62. The molecular weight excluding hydrogens is 294 g/mol. The molecule has 1 saturated heterocycles. The smallest absolute Gasteiger partial charge is 0.311 e. The number of hydrogen-bond acceptors (Lipinski definition) is 4. The maximum absolute atomic E-state index is 12.7. The molecule has 21 heavy (non-hydrogen) atoms. The van der Waals surface area contributed by atoms with E-state index in [1.807, 2.05) is 0 Å². The van der Waals surface area contributed by atoms with Gasteiger partial charge in [-0.05, 0) is 24.5 Å². The van der Waals surface area contributed by atoms with Crippen molar-refractivity contribution in [3.63, 3.8) is 0 Å². The van der Waals surface area contributed by atoms with Gasteiger partial charge in [0.25, 0.3) is 0 Å². The van der Waals surface area contributed by atoms with E-state index >= 15 is 0 Å². The second kappa shape index (κ2) is 5.31. The van der Waals surface area contributed by atoms with E-state index in [0.717, 1.165) is 0 Å². The lowest BCUT2D eigenvalue weighted by molar-refractivity contribution is -0.139. The average Bonchev–Trinajstić information content (AvgIpc) is 3.00. The standard InChI is InChI=1S/C14H17NO5S/c16-14(17)12-5-7-15(13-4-2-1-3-11(12)13)21(18,19)10-6-8-20-9-10/h1-4,10,12H,5-9H2,(H,16,17). The third-order valence-electron chi connectivity index (χ3n) is 4.12. The summed E-state index contributed by atoms with van der Waals surface area (Å²) < 4.78 is 32.0. The van der Waals surface area contributed by atoms with E-state index in [0.29, 0.717) is 30.7 Å². The van der Waals surface area contributed by atoms with Crippen LogP contribution in [0, 0.1) is 0 Å². The number of aliphatic carboxylic acids is 1. The van der Waals surface area contributed by atoms with Crippen molar-refractivity contribution in [3.8, 4) is 0 Å². The van der Waals surface area contributed by atoms with Crippen molar-refractivity contribution >= 4 is 21.7 Å². The largest absolute Gasteiger partial charge is 0.481 e. The summed E-state index contributed by atoms with van der Waals surface area (Å²) in [5, 5.41) is 8.76. The molecule has 7 heteroatoms. The van der Waals surface area contributed by atoms with Crippen LogP contribution < -0.4 is 4.31 Å². The van der Waals surface area contributed by atoms with Gasteiger partial charge in [-0.25, -0.2) is 8.42 Å². The minimum absolute atomic E-state index is 0.201. The van der Waals surface area contributed by atoms with Gasteiger partial charge in [-0.1, -0.05) is 18.2 Å². The fourth-order valence-corrected chi connectivity index (χ4v) is 4.80. The summed E-state index contributed by atoms with van der Waals surface area (Å²) >= 11 is 0. The quantitative estimate of drug-likeness (QED) is 0.906. The highest BCUT2D eigenvalue weighted by Crippen LogP contribution is 2.38. The van der Waals surface area contributed by atoms with E-state index in [2.05, 4.69) is 0 Å². The van der Waals surface area contributed by atoms with Gasteiger partial charge >= 0.3 is 5.97 Å². The predicted octanol–water partition coefficient (Wildman–Crippen LogP) is 1.18. The van der Waals surface area contributed by atoms with E-state index < -0.39 is 27.2 Å². The van der Waals surface area contributed by atoms with E-state index in [9.17, 15) is 18.3 Å². The lowest BCUT2D eigenvalue weighted by atomic mass is 9.91. The number of carboxylic acids is 1. The van der Waals surface area contributed by atoms with Crippen LogP contribution in [0.3, 0.4) is 0 Å². The number of benzene rings is 1. The molecule has 0 bridgehead atoms. The van der Waals surface area contributed by atoms with E-state index in [1.165, 1.54) is 4.31 Å². The number of nitrogens with zero attached hydrogens (tertiary/aromatic N) is 1. The molecule has 0 aromatic heterocycles. The van der Waals surface area contributed by atoms with E-state index in [1.54, 1.807) is 24.3 Å². The molecule has 1 fully saturated rings. The summed E-state index contributed by atoms with van der Waals surface area (Å²) in [6.07, 6.45) is 0.780. The molecule has 2 unspecified atom stereocenters. The molecular formula is C14H17NO5S. The van der Waals surface area contributed by atoms with Crippen molar-refractivity contribution in [3.05, 3.63) is 29.8 Å². The summed E-state index contributed by atoms with van der Waals surface area (Å²) in [7, 11) is -3.51. The van der Waals surface area contributed by atoms with Crippen molar-refractivity contribution in [2.24, 2.45) is 0 Å². The summed E-state index contributed by atoms with van der Waals surface area (Å²) in [5.74, 6) is -1.56. The molecule has 114 valence electrons. The molecule has 6 nitrogen and oxygen atoms in total. The SMILES string of the molecule is O=C(O)C1CCN(S(=O)(=O)C2CCOC2)c2ccccc21. The Morgan fingerprint density at radius 3 is 2.71 bits per heavy atom. The van der Waals surface area contributed by atoms with Gasteiger partial charge in [0.15, 0.2) is 0 Å². The van der Waals surface area contributed by atoms with Crippen LogP contribution >= 0.6 is 0 Å². The molecule has 0 radical (unpaired) electrons. The van der Waals surface area contributed by atoms with Gasteiger partial charge in [0.05, 0.1) is 18.2 Å². The van der Waals surface area contributed by atoms with Crippen LogP contribution in [0.2, 0.25) is 0 Å². The fraction of sp³-hybridized carbons (Fsp3) is 0.500. The Morgan fingerprint density at radius 2 is 2.05 bits per heavy atom. The average molecular weight is 311 g/mol. The number of anilines is 1. The zero-order chi connectivity index (χ0) is 15.0. The highest BCUT2D eigenvalue weighted by atomic mass is 32.2. The highest BCUT2D eigenvalue weighted by molar-refractivity contribution is 7.93. The Labute approximate surface area is 123 Å². The zero-order valence-electron chi connectivity index (χ0n) is 11.4. The number of carbonyl (C=O) groups is 1. The molecule has 0 saturated carbocycles. The number of fused-ring (bicyclic) bond motifs is 1. The van der Waals surface area contributed by atoms with Crippen LogP contribution in [-0.2, 0) is 19.6 Å². The Bertz CT molecular complexity index is 651. The van der Waals surface area contributed by atoms with Crippen molar-refractivity contribution in [1.82, 2.24) is 0 Å².